The molecule has 118 valence electrons. The van der Waals surface area contributed by atoms with Gasteiger partial charge in [-0.25, -0.2) is 8.42 Å². The highest BCUT2D eigenvalue weighted by molar-refractivity contribution is 7.91. The van der Waals surface area contributed by atoms with Gasteiger partial charge in [0.1, 0.15) is 4.21 Å². The molecule has 0 aliphatic carbocycles. The molecule has 2 rings (SSSR count). The van der Waals surface area contributed by atoms with Crippen LogP contribution in [-0.2, 0) is 10.0 Å². The number of hydrogen-bond acceptors (Lipinski definition) is 6. The van der Waals surface area contributed by atoms with Gasteiger partial charge in [0.05, 0.1) is 4.92 Å². The van der Waals surface area contributed by atoms with Gasteiger partial charge in [0.15, 0.2) is 5.00 Å². The summed E-state index contributed by atoms with van der Waals surface area (Å²) in [7, 11) is -2.09. The van der Waals surface area contributed by atoms with E-state index in [1.165, 1.54) is 4.31 Å². The van der Waals surface area contributed by atoms with Gasteiger partial charge in [-0.3, -0.25) is 10.1 Å². The van der Waals surface area contributed by atoms with Gasteiger partial charge in [0, 0.05) is 26.2 Å². The molecule has 1 saturated heterocycles. The first-order valence-corrected chi connectivity index (χ1v) is 9.12. The lowest BCUT2D eigenvalue weighted by molar-refractivity contribution is -0.383. The molecule has 0 aromatic carbocycles. The SMILES string of the molecule is CCC1CCN(S(=O)(=O)c2cc([N+](=O)[O-])c(NC)s2)CC1. The molecule has 0 amide bonds. The monoisotopic (exact) mass is 333 g/mol. The predicted octanol–water partition coefficient (Wildman–Crippen LogP) is 2.51. The van der Waals surface area contributed by atoms with Crippen LogP contribution in [0.4, 0.5) is 10.7 Å². The van der Waals surface area contributed by atoms with Crippen LogP contribution in [0, 0.1) is 16.0 Å². The fraction of sp³-hybridized carbons (Fsp3) is 0.667. The number of anilines is 1. The molecule has 2 heterocycles. The zero-order valence-electron chi connectivity index (χ0n) is 12.0. The van der Waals surface area contributed by atoms with E-state index in [2.05, 4.69) is 12.2 Å². The standard InChI is InChI=1S/C12H19N3O4S2/c1-3-9-4-6-14(7-5-9)21(18,19)11-8-10(15(16)17)12(13-2)20-11/h8-9,13H,3-7H2,1-2H3. The van der Waals surface area contributed by atoms with Crippen molar-refractivity contribution in [3.63, 3.8) is 0 Å². The molecule has 0 atom stereocenters. The maximum absolute atomic E-state index is 12.6. The average Bonchev–Trinajstić information content (AvgIpc) is 2.92. The highest BCUT2D eigenvalue weighted by atomic mass is 32.2. The smallest absolute Gasteiger partial charge is 0.304 e. The molecule has 0 saturated carbocycles. The van der Waals surface area contributed by atoms with Crippen molar-refractivity contribution < 1.29 is 13.3 Å². The zero-order chi connectivity index (χ0) is 15.6. The highest BCUT2D eigenvalue weighted by Crippen LogP contribution is 2.38. The second kappa shape index (κ2) is 6.29. The van der Waals surface area contributed by atoms with E-state index in [0.29, 0.717) is 19.0 Å². The Hall–Kier alpha value is -1.19. The molecule has 0 unspecified atom stereocenters. The third-order valence-corrected chi connectivity index (χ3v) is 7.35. The van der Waals surface area contributed by atoms with Crippen LogP contribution in [-0.4, -0.2) is 37.8 Å². The van der Waals surface area contributed by atoms with Crippen LogP contribution in [0.15, 0.2) is 10.3 Å². The Labute approximate surface area is 128 Å². The molecule has 21 heavy (non-hydrogen) atoms. The van der Waals surface area contributed by atoms with Gasteiger partial charge < -0.3 is 5.32 Å². The third kappa shape index (κ3) is 3.19. The minimum absolute atomic E-state index is 0.0356. The summed E-state index contributed by atoms with van der Waals surface area (Å²) < 4.78 is 26.6. The Balaban J connectivity index is 2.26. The van der Waals surface area contributed by atoms with Crippen molar-refractivity contribution in [2.45, 2.75) is 30.4 Å². The number of nitro groups is 1. The highest BCUT2D eigenvalue weighted by Gasteiger charge is 2.32. The van der Waals surface area contributed by atoms with E-state index >= 15 is 0 Å². The molecular weight excluding hydrogens is 314 g/mol. The number of piperidine rings is 1. The van der Waals surface area contributed by atoms with Gasteiger partial charge in [-0.15, -0.1) is 0 Å². The molecule has 0 bridgehead atoms. The number of sulfonamides is 1. The second-order valence-corrected chi connectivity index (χ2v) is 8.26. The largest absolute Gasteiger partial charge is 0.374 e. The second-order valence-electron chi connectivity index (χ2n) is 5.04. The van der Waals surface area contributed by atoms with Crippen molar-refractivity contribution in [3.05, 3.63) is 16.2 Å². The topological polar surface area (TPSA) is 92.5 Å². The van der Waals surface area contributed by atoms with Gasteiger partial charge >= 0.3 is 5.69 Å². The number of rotatable bonds is 5. The molecule has 1 aliphatic rings. The normalized spacial score (nSPS) is 17.8. The summed E-state index contributed by atoms with van der Waals surface area (Å²) in [5.74, 6) is 0.571. The van der Waals surface area contributed by atoms with Gasteiger partial charge in [-0.1, -0.05) is 24.7 Å². The van der Waals surface area contributed by atoms with Crippen LogP contribution in [0.3, 0.4) is 0 Å². The Kier molecular flexibility index (Phi) is 4.84. The van der Waals surface area contributed by atoms with Gasteiger partial charge in [-0.2, -0.15) is 4.31 Å². The van der Waals surface area contributed by atoms with Crippen LogP contribution in [0.1, 0.15) is 26.2 Å². The average molecular weight is 333 g/mol. The molecule has 0 spiro atoms. The van der Waals surface area contributed by atoms with Crippen LogP contribution in [0.2, 0.25) is 0 Å². The van der Waals surface area contributed by atoms with Gasteiger partial charge in [0.2, 0.25) is 0 Å². The first kappa shape index (κ1) is 16.2. The first-order chi connectivity index (χ1) is 9.90. The molecule has 1 fully saturated rings. The van der Waals surface area contributed by atoms with Crippen molar-refractivity contribution in [1.29, 1.82) is 0 Å². The summed E-state index contributed by atoms with van der Waals surface area (Å²) in [5.41, 5.74) is -0.190. The fourth-order valence-corrected chi connectivity index (χ4v) is 5.39. The maximum Gasteiger partial charge on any atom is 0.304 e. The van der Waals surface area contributed by atoms with Crippen LogP contribution in [0.25, 0.3) is 0 Å². The molecule has 9 heteroatoms. The Morgan fingerprint density at radius 3 is 2.52 bits per heavy atom. The van der Waals surface area contributed by atoms with E-state index < -0.39 is 14.9 Å². The zero-order valence-corrected chi connectivity index (χ0v) is 13.7. The predicted molar refractivity (Wildman–Crippen MR) is 82.3 cm³/mol. The number of nitrogens with zero attached hydrogens (tertiary/aromatic N) is 2. The summed E-state index contributed by atoms with van der Waals surface area (Å²) in [6.07, 6.45) is 2.76. The maximum atomic E-state index is 12.6. The van der Waals surface area contributed by atoms with Crippen LogP contribution >= 0.6 is 11.3 Å². The van der Waals surface area contributed by atoms with E-state index in [9.17, 15) is 18.5 Å². The minimum Gasteiger partial charge on any atom is -0.374 e. The van der Waals surface area contributed by atoms with E-state index in [0.717, 1.165) is 36.7 Å². The molecule has 1 aromatic heterocycles. The lowest BCUT2D eigenvalue weighted by Gasteiger charge is -2.30. The van der Waals surface area contributed by atoms with E-state index in [-0.39, 0.29) is 14.9 Å². The van der Waals surface area contributed by atoms with E-state index in [1.54, 1.807) is 7.05 Å². The third-order valence-electron chi connectivity index (χ3n) is 3.86. The Bertz CT molecular complexity index is 618. The number of hydrogen-bond donors (Lipinski definition) is 1. The molecule has 0 radical (unpaired) electrons. The Morgan fingerprint density at radius 2 is 2.10 bits per heavy atom. The quantitative estimate of drug-likeness (QED) is 0.660. The van der Waals surface area contributed by atoms with Crippen molar-refractivity contribution in [1.82, 2.24) is 4.31 Å². The lowest BCUT2D eigenvalue weighted by Crippen LogP contribution is -2.37. The van der Waals surface area contributed by atoms with Crippen LogP contribution in [0.5, 0.6) is 0 Å². The molecule has 1 aromatic rings. The summed E-state index contributed by atoms with van der Waals surface area (Å²) in [6, 6.07) is 1.15. The van der Waals surface area contributed by atoms with E-state index in [4.69, 9.17) is 0 Å². The number of nitrogens with one attached hydrogen (secondary N) is 1. The van der Waals surface area contributed by atoms with Crippen molar-refractivity contribution in [2.75, 3.05) is 25.5 Å². The van der Waals surface area contributed by atoms with Crippen LogP contribution < -0.4 is 5.32 Å². The lowest BCUT2D eigenvalue weighted by atomic mass is 9.96. The molecule has 1 N–H and O–H groups in total. The first-order valence-electron chi connectivity index (χ1n) is 6.86. The van der Waals surface area contributed by atoms with Gasteiger partial charge in [0.25, 0.3) is 10.0 Å². The molecule has 7 nitrogen and oxygen atoms in total. The molecular formula is C12H19N3O4S2. The summed E-state index contributed by atoms with van der Waals surface area (Å²) in [6.45, 7) is 3.08. The Morgan fingerprint density at radius 1 is 1.48 bits per heavy atom. The molecule has 1 aliphatic heterocycles. The van der Waals surface area contributed by atoms with Crippen molar-refractivity contribution in [3.8, 4) is 0 Å². The summed E-state index contributed by atoms with van der Waals surface area (Å²) in [4.78, 5) is 10.4. The fourth-order valence-electron chi connectivity index (χ4n) is 2.49. The summed E-state index contributed by atoms with van der Waals surface area (Å²) in [5, 5.41) is 13.9. The minimum atomic E-state index is -3.63. The van der Waals surface area contributed by atoms with Crippen molar-refractivity contribution in [2.24, 2.45) is 5.92 Å². The van der Waals surface area contributed by atoms with Crippen molar-refractivity contribution >= 4 is 32.0 Å². The van der Waals surface area contributed by atoms with Gasteiger partial charge in [-0.05, 0) is 18.8 Å². The summed E-state index contributed by atoms with van der Waals surface area (Å²) >= 11 is 0.913. The number of thiophene rings is 1. The van der Waals surface area contributed by atoms with E-state index in [1.807, 2.05) is 0 Å².